The number of benzene rings is 2. The van der Waals surface area contributed by atoms with E-state index >= 15 is 0 Å². The first-order valence-corrected chi connectivity index (χ1v) is 7.15. The lowest BCUT2D eigenvalue weighted by atomic mass is 10.1. The van der Waals surface area contributed by atoms with Gasteiger partial charge in [0.2, 0.25) is 9.84 Å². The first-order valence-electron chi connectivity index (χ1n) is 5.67. The molecule has 2 aromatic rings. The molecule has 0 aliphatic rings. The molecule has 0 spiro atoms. The average molecular weight is 278 g/mol. The minimum atomic E-state index is -3.70. The molecule has 0 aliphatic heterocycles. The molecule has 0 aromatic heterocycles. The van der Waals surface area contributed by atoms with E-state index < -0.39 is 15.6 Å². The lowest BCUT2D eigenvalue weighted by Crippen LogP contribution is -2.05. The summed E-state index contributed by atoms with van der Waals surface area (Å²) in [5.74, 6) is -0.800. The van der Waals surface area contributed by atoms with Crippen molar-refractivity contribution >= 4 is 9.84 Å². The topological polar surface area (TPSA) is 74.6 Å². The SMILES string of the molecule is Cc1cccc(S(=O)(=O)c2ccc(O)c(O)c2)c1C. The molecule has 0 unspecified atom stereocenters. The van der Waals surface area contributed by atoms with Crippen molar-refractivity contribution in [3.05, 3.63) is 47.5 Å². The molecule has 0 saturated heterocycles. The van der Waals surface area contributed by atoms with Gasteiger partial charge in [0.25, 0.3) is 0 Å². The van der Waals surface area contributed by atoms with Gasteiger partial charge >= 0.3 is 0 Å². The van der Waals surface area contributed by atoms with Gasteiger partial charge in [0.15, 0.2) is 11.5 Å². The molecule has 0 atom stereocenters. The van der Waals surface area contributed by atoms with Gasteiger partial charge in [0.05, 0.1) is 9.79 Å². The molecule has 0 amide bonds. The van der Waals surface area contributed by atoms with Gasteiger partial charge in [-0.25, -0.2) is 8.42 Å². The molecule has 2 N–H and O–H groups in total. The van der Waals surface area contributed by atoms with Crippen LogP contribution in [0.1, 0.15) is 11.1 Å². The van der Waals surface area contributed by atoms with E-state index in [1.165, 1.54) is 12.1 Å². The highest BCUT2D eigenvalue weighted by atomic mass is 32.2. The Kier molecular flexibility index (Phi) is 3.24. The summed E-state index contributed by atoms with van der Waals surface area (Å²) in [7, 11) is -3.70. The fourth-order valence-electron chi connectivity index (χ4n) is 1.81. The largest absolute Gasteiger partial charge is 0.504 e. The molecule has 0 bridgehead atoms. The van der Waals surface area contributed by atoms with Crippen LogP contribution in [-0.2, 0) is 9.84 Å². The lowest BCUT2D eigenvalue weighted by Gasteiger charge is -2.10. The lowest BCUT2D eigenvalue weighted by molar-refractivity contribution is 0.402. The standard InChI is InChI=1S/C14H14O4S/c1-9-4-3-5-14(10(9)2)19(17,18)11-6-7-12(15)13(16)8-11/h3-8,15-16H,1-2H3. The van der Waals surface area contributed by atoms with E-state index in [4.69, 9.17) is 0 Å². The van der Waals surface area contributed by atoms with E-state index in [2.05, 4.69) is 0 Å². The van der Waals surface area contributed by atoms with Crippen molar-refractivity contribution in [2.75, 3.05) is 0 Å². The second kappa shape index (κ2) is 4.59. The number of phenols is 2. The average Bonchev–Trinajstić information content (AvgIpc) is 2.35. The summed E-state index contributed by atoms with van der Waals surface area (Å²) in [5, 5.41) is 18.7. The molecule has 0 heterocycles. The van der Waals surface area contributed by atoms with Gasteiger partial charge in [0, 0.05) is 6.07 Å². The van der Waals surface area contributed by atoms with Crippen LogP contribution in [-0.4, -0.2) is 18.6 Å². The van der Waals surface area contributed by atoms with E-state index in [1.54, 1.807) is 13.0 Å². The summed E-state index contributed by atoms with van der Waals surface area (Å²) in [6.45, 7) is 3.57. The first-order chi connectivity index (χ1) is 8.84. The molecule has 0 radical (unpaired) electrons. The van der Waals surface area contributed by atoms with Crippen LogP contribution in [0.5, 0.6) is 11.5 Å². The normalized spacial score (nSPS) is 11.5. The van der Waals surface area contributed by atoms with Crippen molar-refractivity contribution in [3.8, 4) is 11.5 Å². The Morgan fingerprint density at radius 2 is 1.63 bits per heavy atom. The van der Waals surface area contributed by atoms with Crippen molar-refractivity contribution in [2.24, 2.45) is 0 Å². The Morgan fingerprint density at radius 3 is 2.26 bits per heavy atom. The molecule has 2 rings (SSSR count). The van der Waals surface area contributed by atoms with Crippen LogP contribution in [0.25, 0.3) is 0 Å². The molecule has 0 aliphatic carbocycles. The minimum Gasteiger partial charge on any atom is -0.504 e. The number of aromatic hydroxyl groups is 2. The van der Waals surface area contributed by atoms with Crippen LogP contribution in [0.4, 0.5) is 0 Å². The molecule has 100 valence electrons. The Labute approximate surface area is 111 Å². The van der Waals surface area contributed by atoms with Gasteiger partial charge < -0.3 is 10.2 Å². The maximum atomic E-state index is 12.5. The number of hydrogen-bond acceptors (Lipinski definition) is 4. The molecule has 0 saturated carbocycles. The number of hydrogen-bond donors (Lipinski definition) is 2. The zero-order chi connectivity index (χ0) is 14.2. The Bertz CT molecular complexity index is 733. The fraction of sp³-hybridized carbons (Fsp3) is 0.143. The van der Waals surface area contributed by atoms with E-state index in [-0.39, 0.29) is 15.5 Å². The molecule has 2 aromatic carbocycles. The molecular weight excluding hydrogens is 264 g/mol. The van der Waals surface area contributed by atoms with Crippen LogP contribution in [0.3, 0.4) is 0 Å². The quantitative estimate of drug-likeness (QED) is 0.828. The van der Waals surface area contributed by atoms with Crippen molar-refractivity contribution < 1.29 is 18.6 Å². The van der Waals surface area contributed by atoms with Gasteiger partial charge in [0.1, 0.15) is 0 Å². The first kappa shape index (κ1) is 13.4. The van der Waals surface area contributed by atoms with Gasteiger partial charge in [-0.2, -0.15) is 0 Å². The monoisotopic (exact) mass is 278 g/mol. The van der Waals surface area contributed by atoms with Crippen molar-refractivity contribution in [1.82, 2.24) is 0 Å². The zero-order valence-corrected chi connectivity index (χ0v) is 11.4. The van der Waals surface area contributed by atoms with E-state index in [1.807, 2.05) is 13.0 Å². The second-order valence-corrected chi connectivity index (χ2v) is 6.27. The zero-order valence-electron chi connectivity index (χ0n) is 10.6. The van der Waals surface area contributed by atoms with Crippen LogP contribution >= 0.6 is 0 Å². The summed E-state index contributed by atoms with van der Waals surface area (Å²) in [5.41, 5.74) is 1.55. The predicted octanol–water partition coefficient (Wildman–Crippen LogP) is 2.55. The van der Waals surface area contributed by atoms with Crippen molar-refractivity contribution in [2.45, 2.75) is 23.6 Å². The third-order valence-corrected chi connectivity index (χ3v) is 5.00. The number of aryl methyl sites for hydroxylation is 1. The summed E-state index contributed by atoms with van der Waals surface area (Å²) in [4.78, 5) is 0.161. The van der Waals surface area contributed by atoms with Gasteiger partial charge in [-0.3, -0.25) is 0 Å². The number of phenolic OH excluding ortho intramolecular Hbond substituents is 2. The predicted molar refractivity (Wildman–Crippen MR) is 71.1 cm³/mol. The summed E-state index contributed by atoms with van der Waals surface area (Å²) in [6.07, 6.45) is 0. The Hall–Kier alpha value is -2.01. The summed E-state index contributed by atoms with van der Waals surface area (Å²) < 4.78 is 25.0. The third-order valence-electron chi connectivity index (χ3n) is 3.10. The molecule has 4 nitrogen and oxygen atoms in total. The van der Waals surface area contributed by atoms with Crippen molar-refractivity contribution in [1.29, 1.82) is 0 Å². The van der Waals surface area contributed by atoms with Crippen LogP contribution in [0, 0.1) is 13.8 Å². The minimum absolute atomic E-state index is 0.0449. The van der Waals surface area contributed by atoms with Crippen LogP contribution < -0.4 is 0 Å². The van der Waals surface area contributed by atoms with Gasteiger partial charge in [-0.15, -0.1) is 0 Å². The molecule has 19 heavy (non-hydrogen) atoms. The van der Waals surface area contributed by atoms with Crippen LogP contribution in [0.15, 0.2) is 46.2 Å². The molecule has 5 heteroatoms. The van der Waals surface area contributed by atoms with E-state index in [0.717, 1.165) is 17.7 Å². The number of rotatable bonds is 2. The maximum absolute atomic E-state index is 12.5. The fourth-order valence-corrected chi connectivity index (χ4v) is 3.40. The highest BCUT2D eigenvalue weighted by Crippen LogP contribution is 2.31. The Balaban J connectivity index is 2.65. The maximum Gasteiger partial charge on any atom is 0.207 e. The van der Waals surface area contributed by atoms with E-state index in [9.17, 15) is 18.6 Å². The summed E-state index contributed by atoms with van der Waals surface area (Å²) >= 11 is 0. The Morgan fingerprint density at radius 1 is 0.947 bits per heavy atom. The molecule has 0 fully saturated rings. The summed E-state index contributed by atoms with van der Waals surface area (Å²) in [6, 6.07) is 8.52. The third kappa shape index (κ3) is 2.29. The van der Waals surface area contributed by atoms with Crippen LogP contribution in [0.2, 0.25) is 0 Å². The highest BCUT2D eigenvalue weighted by molar-refractivity contribution is 7.91. The van der Waals surface area contributed by atoms with Gasteiger partial charge in [-0.05, 0) is 43.2 Å². The molecular formula is C14H14O4S. The highest BCUT2D eigenvalue weighted by Gasteiger charge is 2.21. The second-order valence-electron chi connectivity index (χ2n) is 4.35. The smallest absolute Gasteiger partial charge is 0.207 e. The number of sulfone groups is 1. The van der Waals surface area contributed by atoms with Crippen molar-refractivity contribution in [3.63, 3.8) is 0 Å². The van der Waals surface area contributed by atoms with E-state index in [0.29, 0.717) is 5.56 Å². The van der Waals surface area contributed by atoms with Gasteiger partial charge in [-0.1, -0.05) is 12.1 Å².